The van der Waals surface area contributed by atoms with Gasteiger partial charge in [-0.1, -0.05) is 12.1 Å². The number of fused-ring (bicyclic) bond motifs is 3. The first-order chi connectivity index (χ1) is 11.8. The Bertz CT molecular complexity index is 877. The van der Waals surface area contributed by atoms with Gasteiger partial charge in [0.1, 0.15) is 10.9 Å². The predicted molar refractivity (Wildman–Crippen MR) is 95.1 cm³/mol. The standard InChI is InChI=1S/C17H15N5OS/c1-24-16-12(6-4-8-19-16)15(23)21-17-20-13-7-3-2-5-11(13)14-18-9-10-22(14)17/h2-8H,9-10H2,1H3,(H,20,21,23). The molecule has 0 radical (unpaired) electrons. The van der Waals surface area contributed by atoms with Crippen molar-refractivity contribution in [3.05, 3.63) is 53.7 Å². The van der Waals surface area contributed by atoms with Crippen molar-refractivity contribution in [3.8, 4) is 0 Å². The van der Waals surface area contributed by atoms with Crippen LogP contribution in [-0.4, -0.2) is 46.9 Å². The highest BCUT2D eigenvalue weighted by Gasteiger charge is 2.30. The summed E-state index contributed by atoms with van der Waals surface area (Å²) >= 11 is 1.44. The molecule has 2 aromatic rings. The van der Waals surface area contributed by atoms with Gasteiger partial charge >= 0.3 is 0 Å². The number of amides is 1. The number of aliphatic imine (C=N–C) groups is 2. The first-order valence-corrected chi connectivity index (χ1v) is 8.81. The molecule has 4 rings (SSSR count). The van der Waals surface area contributed by atoms with Gasteiger partial charge in [-0.25, -0.2) is 9.98 Å². The summed E-state index contributed by atoms with van der Waals surface area (Å²) in [6, 6.07) is 11.4. The van der Waals surface area contributed by atoms with Gasteiger partial charge in [0.05, 0.1) is 17.8 Å². The predicted octanol–water partition coefficient (Wildman–Crippen LogP) is 2.30. The molecular formula is C17H15N5OS. The quantitative estimate of drug-likeness (QED) is 0.854. The zero-order chi connectivity index (χ0) is 16.5. The lowest BCUT2D eigenvalue weighted by atomic mass is 10.1. The van der Waals surface area contributed by atoms with E-state index in [1.807, 2.05) is 35.4 Å². The van der Waals surface area contributed by atoms with Gasteiger partial charge in [-0.2, -0.15) is 0 Å². The Morgan fingerprint density at radius 1 is 1.25 bits per heavy atom. The molecule has 24 heavy (non-hydrogen) atoms. The molecule has 0 saturated heterocycles. The summed E-state index contributed by atoms with van der Waals surface area (Å²) in [4.78, 5) is 28.0. The van der Waals surface area contributed by atoms with E-state index in [4.69, 9.17) is 0 Å². The molecule has 6 nitrogen and oxygen atoms in total. The van der Waals surface area contributed by atoms with Crippen LogP contribution in [0.5, 0.6) is 0 Å². The van der Waals surface area contributed by atoms with E-state index >= 15 is 0 Å². The summed E-state index contributed by atoms with van der Waals surface area (Å²) in [5.41, 5.74) is 2.37. The molecular weight excluding hydrogens is 322 g/mol. The summed E-state index contributed by atoms with van der Waals surface area (Å²) < 4.78 is 0. The minimum atomic E-state index is -0.211. The van der Waals surface area contributed by atoms with Crippen LogP contribution in [0.3, 0.4) is 0 Å². The van der Waals surface area contributed by atoms with Crippen LogP contribution in [0.25, 0.3) is 0 Å². The molecule has 0 bridgehead atoms. The summed E-state index contributed by atoms with van der Waals surface area (Å²) in [6.45, 7) is 1.41. The lowest BCUT2D eigenvalue weighted by Gasteiger charge is -2.27. The number of para-hydroxylation sites is 1. The minimum Gasteiger partial charge on any atom is -0.294 e. The van der Waals surface area contributed by atoms with Gasteiger partial charge in [-0.05, 0) is 30.5 Å². The Kier molecular flexibility index (Phi) is 3.78. The number of nitrogens with one attached hydrogen (secondary N) is 1. The number of thioether (sulfide) groups is 1. The average molecular weight is 337 g/mol. The molecule has 1 aromatic carbocycles. The van der Waals surface area contributed by atoms with Crippen LogP contribution in [0.15, 0.2) is 57.6 Å². The molecule has 1 N–H and O–H groups in total. The molecule has 0 fully saturated rings. The van der Waals surface area contributed by atoms with E-state index in [0.717, 1.165) is 17.1 Å². The smallest absolute Gasteiger partial charge is 0.260 e. The van der Waals surface area contributed by atoms with E-state index < -0.39 is 0 Å². The van der Waals surface area contributed by atoms with Gasteiger partial charge < -0.3 is 0 Å². The highest BCUT2D eigenvalue weighted by molar-refractivity contribution is 7.98. The molecule has 0 spiro atoms. The van der Waals surface area contributed by atoms with Crippen LogP contribution >= 0.6 is 11.8 Å². The summed E-state index contributed by atoms with van der Waals surface area (Å²) in [5.74, 6) is 1.18. The van der Waals surface area contributed by atoms with Crippen LogP contribution < -0.4 is 5.32 Å². The molecule has 0 aliphatic carbocycles. The first-order valence-electron chi connectivity index (χ1n) is 7.58. The number of carbonyl (C=O) groups excluding carboxylic acids is 1. The van der Waals surface area contributed by atoms with Crippen molar-refractivity contribution in [1.29, 1.82) is 0 Å². The van der Waals surface area contributed by atoms with E-state index in [9.17, 15) is 4.79 Å². The Morgan fingerprint density at radius 3 is 3.00 bits per heavy atom. The van der Waals surface area contributed by atoms with Crippen LogP contribution in [0.1, 0.15) is 15.9 Å². The number of aromatic nitrogens is 1. The number of hydrogen-bond donors (Lipinski definition) is 1. The monoisotopic (exact) mass is 337 g/mol. The molecule has 2 aliphatic heterocycles. The van der Waals surface area contributed by atoms with Gasteiger partial charge in [0.15, 0.2) is 0 Å². The number of rotatable bonds is 2. The Morgan fingerprint density at radius 2 is 2.12 bits per heavy atom. The van der Waals surface area contributed by atoms with Gasteiger partial charge in [-0.3, -0.25) is 20.0 Å². The van der Waals surface area contributed by atoms with Crippen molar-refractivity contribution in [3.63, 3.8) is 0 Å². The highest BCUT2D eigenvalue weighted by Crippen LogP contribution is 2.28. The van der Waals surface area contributed by atoms with E-state index in [2.05, 4.69) is 20.3 Å². The third-order valence-electron chi connectivity index (χ3n) is 3.90. The largest absolute Gasteiger partial charge is 0.294 e. The lowest BCUT2D eigenvalue weighted by Crippen LogP contribution is -2.47. The second-order valence-electron chi connectivity index (χ2n) is 5.32. The number of pyridine rings is 1. The maximum absolute atomic E-state index is 12.7. The lowest BCUT2D eigenvalue weighted by molar-refractivity contribution is 0.0970. The molecule has 120 valence electrons. The first kappa shape index (κ1) is 14.9. The minimum absolute atomic E-state index is 0.211. The Balaban J connectivity index is 1.69. The Hall–Kier alpha value is -2.67. The topological polar surface area (TPSA) is 70.0 Å². The zero-order valence-electron chi connectivity index (χ0n) is 13.1. The van der Waals surface area contributed by atoms with Crippen molar-refractivity contribution in [2.45, 2.75) is 5.03 Å². The van der Waals surface area contributed by atoms with E-state index in [1.165, 1.54) is 11.8 Å². The van der Waals surface area contributed by atoms with Crippen molar-refractivity contribution < 1.29 is 4.79 Å². The fourth-order valence-electron chi connectivity index (χ4n) is 2.81. The van der Waals surface area contributed by atoms with E-state index in [-0.39, 0.29) is 5.91 Å². The number of benzene rings is 1. The van der Waals surface area contributed by atoms with Gasteiger partial charge in [0, 0.05) is 18.3 Å². The van der Waals surface area contributed by atoms with Gasteiger partial charge in [-0.15, -0.1) is 11.8 Å². The summed E-state index contributed by atoms with van der Waals surface area (Å²) in [6.07, 6.45) is 3.58. The second-order valence-corrected chi connectivity index (χ2v) is 6.12. The number of hydrogen-bond acceptors (Lipinski definition) is 6. The molecule has 0 unspecified atom stereocenters. The molecule has 3 heterocycles. The fraction of sp³-hybridized carbons (Fsp3) is 0.176. The van der Waals surface area contributed by atoms with Crippen molar-refractivity contribution in [1.82, 2.24) is 15.2 Å². The molecule has 0 saturated carbocycles. The van der Waals surface area contributed by atoms with Crippen LogP contribution in [0.4, 0.5) is 5.69 Å². The molecule has 2 aliphatic rings. The maximum Gasteiger partial charge on any atom is 0.260 e. The number of amidine groups is 1. The van der Waals surface area contributed by atoms with Gasteiger partial charge in [0.2, 0.25) is 5.96 Å². The second kappa shape index (κ2) is 6.09. The summed E-state index contributed by atoms with van der Waals surface area (Å²) in [7, 11) is 0. The van der Waals surface area contributed by atoms with Crippen LogP contribution in [-0.2, 0) is 0 Å². The molecule has 1 aromatic heterocycles. The average Bonchev–Trinajstić information content (AvgIpc) is 3.12. The third-order valence-corrected chi connectivity index (χ3v) is 4.61. The van der Waals surface area contributed by atoms with Gasteiger partial charge in [0.25, 0.3) is 5.91 Å². The summed E-state index contributed by atoms with van der Waals surface area (Å²) in [5, 5.41) is 3.62. The third kappa shape index (κ3) is 2.46. The molecule has 7 heteroatoms. The SMILES string of the molecule is CSc1ncccc1C(=O)NC1=Nc2ccccc2C2=NCCN12. The normalized spacial score (nSPS) is 15.3. The van der Waals surface area contributed by atoms with Crippen molar-refractivity contribution in [2.24, 2.45) is 9.98 Å². The number of carbonyl (C=O) groups is 1. The fourth-order valence-corrected chi connectivity index (χ4v) is 3.36. The molecule has 0 atom stereocenters. The van der Waals surface area contributed by atoms with Crippen molar-refractivity contribution in [2.75, 3.05) is 19.3 Å². The Labute approximate surface area is 143 Å². The van der Waals surface area contributed by atoms with E-state index in [1.54, 1.807) is 18.3 Å². The molecule has 1 amide bonds. The zero-order valence-corrected chi connectivity index (χ0v) is 13.9. The maximum atomic E-state index is 12.7. The van der Waals surface area contributed by atoms with Crippen molar-refractivity contribution >= 4 is 35.2 Å². The van der Waals surface area contributed by atoms with E-state index in [0.29, 0.717) is 29.6 Å². The van der Waals surface area contributed by atoms with Crippen LogP contribution in [0, 0.1) is 0 Å². The number of nitrogens with zero attached hydrogens (tertiary/aromatic N) is 4. The van der Waals surface area contributed by atoms with Crippen LogP contribution in [0.2, 0.25) is 0 Å². The highest BCUT2D eigenvalue weighted by atomic mass is 32.2. The number of guanidine groups is 1.